The molecule has 0 aliphatic heterocycles. The highest BCUT2D eigenvalue weighted by Gasteiger charge is 2.11. The number of ether oxygens (including phenoxy) is 1. The molecule has 2 rings (SSSR count). The van der Waals surface area contributed by atoms with Crippen molar-refractivity contribution in [3.05, 3.63) is 50.3 Å². The lowest BCUT2D eigenvalue weighted by molar-refractivity contribution is 0.412. The summed E-state index contributed by atoms with van der Waals surface area (Å²) in [5.41, 5.74) is 1.86. The van der Waals surface area contributed by atoms with Crippen molar-refractivity contribution in [1.29, 1.82) is 5.26 Å². The smallest absolute Gasteiger partial charge is 0.266 e. The lowest BCUT2D eigenvalue weighted by Gasteiger charge is -2.08. The zero-order valence-electron chi connectivity index (χ0n) is 10.5. The molecule has 0 saturated carbocycles. The number of aromatic amines is 1. The van der Waals surface area contributed by atoms with Gasteiger partial charge >= 0.3 is 0 Å². The summed E-state index contributed by atoms with van der Waals surface area (Å²) in [4.78, 5) is 14.4. The van der Waals surface area contributed by atoms with Crippen LogP contribution in [0.3, 0.4) is 0 Å². The van der Waals surface area contributed by atoms with Gasteiger partial charge in [-0.3, -0.25) is 4.79 Å². The van der Waals surface area contributed by atoms with Crippen molar-refractivity contribution in [3.63, 3.8) is 0 Å². The normalized spacial score (nSPS) is 10.0. The summed E-state index contributed by atoms with van der Waals surface area (Å²) < 4.78 is 5.93. The Bertz CT molecular complexity index is 729. The van der Waals surface area contributed by atoms with E-state index in [1.165, 1.54) is 0 Å². The number of methoxy groups -OCH3 is 1. The van der Waals surface area contributed by atoms with Gasteiger partial charge in [-0.15, -0.1) is 0 Å². The zero-order valence-corrected chi connectivity index (χ0v) is 12.0. The van der Waals surface area contributed by atoms with Gasteiger partial charge in [-0.05, 0) is 46.6 Å². The van der Waals surface area contributed by atoms with Crippen LogP contribution in [-0.2, 0) is 0 Å². The fourth-order valence-corrected chi connectivity index (χ4v) is 2.40. The van der Waals surface area contributed by atoms with Crippen molar-refractivity contribution in [3.8, 4) is 22.9 Å². The van der Waals surface area contributed by atoms with E-state index in [0.717, 1.165) is 10.0 Å². The molecule has 1 N–H and O–H groups in total. The minimum Gasteiger partial charge on any atom is -0.496 e. The van der Waals surface area contributed by atoms with Crippen molar-refractivity contribution < 1.29 is 4.74 Å². The molecule has 0 amide bonds. The summed E-state index contributed by atoms with van der Waals surface area (Å²) in [7, 11) is 1.58. The number of pyridine rings is 1. The molecule has 4 nitrogen and oxygen atoms in total. The van der Waals surface area contributed by atoms with Gasteiger partial charge in [0.25, 0.3) is 5.56 Å². The maximum absolute atomic E-state index is 11.8. The van der Waals surface area contributed by atoms with E-state index in [2.05, 4.69) is 20.9 Å². The Kier molecular flexibility index (Phi) is 3.72. The Morgan fingerprint density at radius 3 is 2.68 bits per heavy atom. The minimum absolute atomic E-state index is 0.114. The zero-order chi connectivity index (χ0) is 14.0. The fraction of sp³-hybridized carbons (Fsp3) is 0.143. The molecule has 0 spiro atoms. The van der Waals surface area contributed by atoms with Crippen molar-refractivity contribution in [2.75, 3.05) is 7.11 Å². The topological polar surface area (TPSA) is 65.9 Å². The van der Waals surface area contributed by atoms with Crippen LogP contribution in [0.15, 0.2) is 33.5 Å². The molecule has 0 radical (unpaired) electrons. The van der Waals surface area contributed by atoms with Gasteiger partial charge in [0, 0.05) is 11.3 Å². The van der Waals surface area contributed by atoms with E-state index in [4.69, 9.17) is 10.00 Å². The van der Waals surface area contributed by atoms with Crippen LogP contribution in [-0.4, -0.2) is 12.1 Å². The van der Waals surface area contributed by atoms with Gasteiger partial charge in [0.2, 0.25) is 0 Å². The van der Waals surface area contributed by atoms with Crippen LogP contribution >= 0.6 is 15.9 Å². The summed E-state index contributed by atoms with van der Waals surface area (Å²) in [6, 6.07) is 9.17. The number of nitrogens with one attached hydrogen (secondary N) is 1. The number of benzene rings is 1. The molecule has 0 aliphatic carbocycles. The first-order chi connectivity index (χ1) is 9.06. The van der Waals surface area contributed by atoms with E-state index < -0.39 is 0 Å². The van der Waals surface area contributed by atoms with Crippen molar-refractivity contribution in [2.45, 2.75) is 6.92 Å². The average Bonchev–Trinajstić information content (AvgIpc) is 2.37. The minimum atomic E-state index is -0.371. The molecule has 1 aromatic heterocycles. The third kappa shape index (κ3) is 2.54. The Hall–Kier alpha value is -2.06. The molecule has 0 unspecified atom stereocenters. The van der Waals surface area contributed by atoms with E-state index in [1.54, 1.807) is 26.2 Å². The molecule has 0 fully saturated rings. The number of hydrogen-bond acceptors (Lipinski definition) is 3. The Balaban J connectivity index is 2.69. The maximum atomic E-state index is 11.8. The first-order valence-electron chi connectivity index (χ1n) is 5.54. The summed E-state index contributed by atoms with van der Waals surface area (Å²) >= 11 is 3.39. The third-order valence-electron chi connectivity index (χ3n) is 2.74. The second kappa shape index (κ2) is 5.29. The van der Waals surface area contributed by atoms with Crippen LogP contribution in [0.5, 0.6) is 5.75 Å². The number of aryl methyl sites for hydroxylation is 1. The Morgan fingerprint density at radius 1 is 1.37 bits per heavy atom. The molecule has 19 heavy (non-hydrogen) atoms. The van der Waals surface area contributed by atoms with Gasteiger partial charge < -0.3 is 9.72 Å². The van der Waals surface area contributed by atoms with E-state index in [1.807, 2.05) is 18.2 Å². The third-order valence-corrected chi connectivity index (χ3v) is 3.36. The lowest BCUT2D eigenvalue weighted by Crippen LogP contribution is -2.12. The number of H-pyrrole nitrogens is 1. The number of nitrogens with zero attached hydrogens (tertiary/aromatic N) is 1. The predicted molar refractivity (Wildman–Crippen MR) is 76.2 cm³/mol. The monoisotopic (exact) mass is 318 g/mol. The largest absolute Gasteiger partial charge is 0.496 e. The van der Waals surface area contributed by atoms with Gasteiger partial charge in [0.05, 0.1) is 11.6 Å². The van der Waals surface area contributed by atoms with Gasteiger partial charge in [0.15, 0.2) is 0 Å². The molecule has 1 heterocycles. The van der Waals surface area contributed by atoms with Gasteiger partial charge in [0.1, 0.15) is 17.4 Å². The summed E-state index contributed by atoms with van der Waals surface area (Å²) in [6.45, 7) is 1.78. The van der Waals surface area contributed by atoms with Crippen LogP contribution in [0.1, 0.15) is 11.3 Å². The highest BCUT2D eigenvalue weighted by atomic mass is 79.9. The van der Waals surface area contributed by atoms with Crippen LogP contribution in [0.4, 0.5) is 0 Å². The quantitative estimate of drug-likeness (QED) is 0.925. The number of hydrogen-bond donors (Lipinski definition) is 1. The first kappa shape index (κ1) is 13.4. The van der Waals surface area contributed by atoms with Crippen LogP contribution in [0.25, 0.3) is 11.1 Å². The van der Waals surface area contributed by atoms with E-state index in [-0.39, 0.29) is 11.1 Å². The molecular formula is C14H11BrN2O2. The maximum Gasteiger partial charge on any atom is 0.266 e. The van der Waals surface area contributed by atoms with Crippen molar-refractivity contribution in [2.24, 2.45) is 0 Å². The van der Waals surface area contributed by atoms with Crippen LogP contribution in [0, 0.1) is 18.3 Å². The number of nitriles is 1. The second-order valence-corrected chi connectivity index (χ2v) is 4.89. The number of rotatable bonds is 2. The molecule has 0 saturated heterocycles. The Morgan fingerprint density at radius 2 is 2.11 bits per heavy atom. The lowest BCUT2D eigenvalue weighted by atomic mass is 10.0. The summed E-state index contributed by atoms with van der Waals surface area (Å²) in [6.07, 6.45) is 0. The van der Waals surface area contributed by atoms with Crippen molar-refractivity contribution in [1.82, 2.24) is 4.98 Å². The predicted octanol–water partition coefficient (Wildman–Crippen LogP) is 2.99. The second-order valence-electron chi connectivity index (χ2n) is 4.03. The molecular weight excluding hydrogens is 308 g/mol. The van der Waals surface area contributed by atoms with Gasteiger partial charge in [-0.1, -0.05) is 6.07 Å². The highest BCUT2D eigenvalue weighted by Crippen LogP contribution is 2.31. The molecule has 5 heteroatoms. The number of halogens is 1. The van der Waals surface area contributed by atoms with E-state index in [0.29, 0.717) is 17.0 Å². The van der Waals surface area contributed by atoms with Crippen LogP contribution in [0.2, 0.25) is 0 Å². The first-order valence-corrected chi connectivity index (χ1v) is 6.34. The Labute approximate surface area is 118 Å². The molecule has 0 atom stereocenters. The summed E-state index contributed by atoms with van der Waals surface area (Å²) in [5, 5.41) is 9.12. The fourth-order valence-electron chi connectivity index (χ4n) is 1.86. The molecule has 1 aromatic carbocycles. The molecule has 96 valence electrons. The number of aromatic nitrogens is 1. The molecule has 0 bridgehead atoms. The highest BCUT2D eigenvalue weighted by molar-refractivity contribution is 9.10. The summed E-state index contributed by atoms with van der Waals surface area (Å²) in [5.74, 6) is 0.698. The molecule has 0 aliphatic rings. The SMILES string of the molecule is COc1ccc(-c2cc(C)[nH]c(=O)c2C#N)cc1Br. The van der Waals surface area contributed by atoms with E-state index in [9.17, 15) is 4.79 Å². The van der Waals surface area contributed by atoms with Gasteiger partial charge in [-0.25, -0.2) is 0 Å². The van der Waals surface area contributed by atoms with Crippen molar-refractivity contribution >= 4 is 15.9 Å². The van der Waals surface area contributed by atoms with Crippen LogP contribution < -0.4 is 10.3 Å². The molecule has 2 aromatic rings. The van der Waals surface area contributed by atoms with E-state index >= 15 is 0 Å². The standard InChI is InChI=1S/C14H11BrN2O2/c1-8-5-10(11(7-16)14(18)17-8)9-3-4-13(19-2)12(15)6-9/h3-6H,1-2H3,(H,17,18). The average molecular weight is 319 g/mol. The van der Waals surface area contributed by atoms with Gasteiger partial charge in [-0.2, -0.15) is 5.26 Å².